The molecule has 0 atom stereocenters. The molecule has 0 saturated carbocycles. The summed E-state index contributed by atoms with van der Waals surface area (Å²) in [7, 11) is -18.2. The molecule has 156 valence electrons. The van der Waals surface area contributed by atoms with Gasteiger partial charge in [0.05, 0.1) is 6.61 Å². The third kappa shape index (κ3) is 231. The lowest BCUT2D eigenvalue weighted by molar-refractivity contribution is 0.215. The molecule has 0 rings (SSSR count). The highest BCUT2D eigenvalue weighted by Gasteiger charge is 2.11. The average Bonchev–Trinajstić information content (AvgIpc) is 2.04. The maximum absolute atomic E-state index is 10.1. The maximum atomic E-state index is 10.1. The van der Waals surface area contributed by atoms with Crippen LogP contribution in [-0.4, -0.2) is 60.4 Å². The first-order valence-corrected chi connectivity index (χ1v) is 11.3. The molecule has 0 spiro atoms. The van der Waals surface area contributed by atoms with Crippen molar-refractivity contribution in [2.75, 3.05) is 6.61 Å². The van der Waals surface area contributed by atoms with Crippen molar-refractivity contribution in [3.63, 3.8) is 0 Å². The number of hydrogen-bond donors (Lipinski definition) is 11. The maximum Gasteiger partial charge on any atom is 0.469 e. The van der Waals surface area contributed by atoms with Crippen LogP contribution in [0.1, 0.15) is 13.8 Å². The SMILES string of the molecule is CC(C)=CCOP(=O)(O)O.O=P(O)(O)O.O=P(O)(O)O.O=P(O)(O)O. The summed E-state index contributed by atoms with van der Waals surface area (Å²) in [6.07, 6.45) is 1.60. The molecular formula is C5H20O16P4. The molecule has 0 aromatic heterocycles. The number of rotatable bonds is 3. The molecule has 0 aliphatic heterocycles. The first-order chi connectivity index (χ1) is 10.4. The summed E-state index contributed by atoms with van der Waals surface area (Å²) in [5.74, 6) is 0. The van der Waals surface area contributed by atoms with Crippen molar-refractivity contribution in [3.05, 3.63) is 11.6 Å². The third-order valence-electron chi connectivity index (χ3n) is 0.734. The Bertz CT molecular complexity index is 467. The molecule has 0 amide bonds. The van der Waals surface area contributed by atoms with Crippen molar-refractivity contribution in [1.29, 1.82) is 0 Å². The van der Waals surface area contributed by atoms with E-state index >= 15 is 0 Å². The van der Waals surface area contributed by atoms with E-state index < -0.39 is 31.3 Å². The molecule has 0 aromatic rings. The van der Waals surface area contributed by atoms with E-state index in [1.165, 1.54) is 0 Å². The van der Waals surface area contributed by atoms with Crippen molar-refractivity contribution in [3.8, 4) is 0 Å². The van der Waals surface area contributed by atoms with Gasteiger partial charge in [-0.05, 0) is 13.8 Å². The van der Waals surface area contributed by atoms with Gasteiger partial charge in [0.2, 0.25) is 0 Å². The highest BCUT2D eigenvalue weighted by molar-refractivity contribution is 7.46. The molecule has 0 aliphatic rings. The predicted octanol–water partition coefficient (Wildman–Crippen LogP) is -1.72. The fourth-order valence-electron chi connectivity index (χ4n) is 0.301. The summed E-state index contributed by atoms with van der Waals surface area (Å²) in [6.45, 7) is 3.61. The van der Waals surface area contributed by atoms with Crippen LogP contribution in [0, 0.1) is 0 Å². The summed E-state index contributed by atoms with van der Waals surface area (Å²) in [5.41, 5.74) is 0.966. The van der Waals surface area contributed by atoms with Crippen LogP contribution in [0.4, 0.5) is 0 Å². The van der Waals surface area contributed by atoms with Crippen molar-refractivity contribution >= 4 is 31.3 Å². The molecule has 0 bridgehead atoms. The highest BCUT2D eigenvalue weighted by atomic mass is 31.2. The minimum Gasteiger partial charge on any atom is -0.303 e. The molecule has 0 heterocycles. The van der Waals surface area contributed by atoms with Crippen LogP contribution in [0.25, 0.3) is 0 Å². The quantitative estimate of drug-likeness (QED) is 0.165. The van der Waals surface area contributed by atoms with E-state index in [0.717, 1.165) is 5.57 Å². The van der Waals surface area contributed by atoms with Gasteiger partial charge in [0, 0.05) is 0 Å². The van der Waals surface area contributed by atoms with E-state index in [0.29, 0.717) is 0 Å². The summed E-state index contributed by atoms with van der Waals surface area (Å²) in [4.78, 5) is 81.1. The Balaban J connectivity index is -0.000000126. The van der Waals surface area contributed by atoms with Gasteiger partial charge in [-0.3, -0.25) is 4.52 Å². The minimum absolute atomic E-state index is 0.0351. The van der Waals surface area contributed by atoms with Gasteiger partial charge in [-0.25, -0.2) is 18.3 Å². The van der Waals surface area contributed by atoms with Crippen LogP contribution in [-0.2, 0) is 22.8 Å². The molecule has 0 unspecified atom stereocenters. The molecule has 20 heteroatoms. The second-order valence-corrected chi connectivity index (χ2v) is 7.93. The smallest absolute Gasteiger partial charge is 0.303 e. The van der Waals surface area contributed by atoms with Crippen molar-refractivity contribution in [2.45, 2.75) is 13.8 Å². The normalized spacial score (nSPS) is 11.6. The van der Waals surface area contributed by atoms with E-state index in [-0.39, 0.29) is 6.61 Å². The zero-order chi connectivity index (χ0) is 21.7. The second-order valence-electron chi connectivity index (χ2n) is 3.61. The van der Waals surface area contributed by atoms with Gasteiger partial charge in [-0.1, -0.05) is 11.6 Å². The highest BCUT2D eigenvalue weighted by Crippen LogP contribution is 2.35. The zero-order valence-corrected chi connectivity index (χ0v) is 16.1. The molecule has 0 radical (unpaired) electrons. The Labute approximate surface area is 141 Å². The lowest BCUT2D eigenvalue weighted by Gasteiger charge is -2.00. The van der Waals surface area contributed by atoms with Crippen LogP contribution in [0.15, 0.2) is 11.6 Å². The first kappa shape index (κ1) is 32.8. The monoisotopic (exact) mass is 460 g/mol. The van der Waals surface area contributed by atoms with E-state index in [1.54, 1.807) is 6.08 Å². The topological polar surface area (TPSA) is 300 Å². The van der Waals surface area contributed by atoms with E-state index in [1.807, 2.05) is 13.8 Å². The number of hydrogen-bond acceptors (Lipinski definition) is 5. The van der Waals surface area contributed by atoms with E-state index in [9.17, 15) is 4.57 Å². The Morgan fingerprint density at radius 2 is 0.880 bits per heavy atom. The molecule has 0 aromatic carbocycles. The van der Waals surface area contributed by atoms with E-state index in [2.05, 4.69) is 4.52 Å². The van der Waals surface area contributed by atoms with Crippen LogP contribution in [0.5, 0.6) is 0 Å². The Hall–Kier alpha value is 0.180. The number of phosphoric ester groups is 1. The predicted molar refractivity (Wildman–Crippen MR) is 80.2 cm³/mol. The van der Waals surface area contributed by atoms with Crippen LogP contribution < -0.4 is 0 Å². The summed E-state index contributed by atoms with van der Waals surface area (Å²) in [6, 6.07) is 0. The summed E-state index contributed by atoms with van der Waals surface area (Å²) < 4.78 is 40.8. The van der Waals surface area contributed by atoms with Gasteiger partial charge in [0.1, 0.15) is 0 Å². The molecular weight excluding hydrogens is 440 g/mol. The fraction of sp³-hybridized carbons (Fsp3) is 0.600. The van der Waals surface area contributed by atoms with Gasteiger partial charge >= 0.3 is 31.3 Å². The largest absolute Gasteiger partial charge is 0.469 e. The lowest BCUT2D eigenvalue weighted by atomic mass is 10.3. The minimum atomic E-state index is -4.64. The molecule has 25 heavy (non-hydrogen) atoms. The Morgan fingerprint density at radius 1 is 0.680 bits per heavy atom. The lowest BCUT2D eigenvalue weighted by Crippen LogP contribution is -1.88. The molecule has 11 N–H and O–H groups in total. The zero-order valence-electron chi connectivity index (χ0n) is 12.5. The Morgan fingerprint density at radius 3 is 1.00 bits per heavy atom. The fourth-order valence-corrected chi connectivity index (χ4v) is 0.570. The van der Waals surface area contributed by atoms with Gasteiger partial charge < -0.3 is 53.8 Å². The molecule has 0 saturated heterocycles. The molecule has 0 fully saturated rings. The van der Waals surface area contributed by atoms with Crippen LogP contribution in [0.2, 0.25) is 0 Å². The van der Waals surface area contributed by atoms with Crippen LogP contribution in [0.3, 0.4) is 0 Å². The molecule has 0 aliphatic carbocycles. The second kappa shape index (κ2) is 14.3. The van der Waals surface area contributed by atoms with Crippen molar-refractivity contribution in [1.82, 2.24) is 0 Å². The van der Waals surface area contributed by atoms with Gasteiger partial charge in [0.15, 0.2) is 0 Å². The van der Waals surface area contributed by atoms with Gasteiger partial charge in [-0.2, -0.15) is 0 Å². The summed E-state index contributed by atoms with van der Waals surface area (Å²) in [5, 5.41) is 0. The Kier molecular flexibility index (Phi) is 18.7. The first-order valence-electron chi connectivity index (χ1n) is 5.10. The standard InChI is InChI=1S/C5H11O4P.3H3O4P/c1-5(2)3-4-9-10(6,7)8;3*1-5(2,3)4/h3H,4H2,1-2H3,(H2,6,7,8);3*(H3,1,2,3,4). The molecule has 16 nitrogen and oxygen atoms in total. The summed E-state index contributed by atoms with van der Waals surface area (Å²) >= 11 is 0. The number of phosphoric acid groups is 4. The van der Waals surface area contributed by atoms with Gasteiger partial charge in [0.25, 0.3) is 0 Å². The third-order valence-corrected chi connectivity index (χ3v) is 1.22. The van der Waals surface area contributed by atoms with Crippen LogP contribution >= 0.6 is 31.3 Å². The average molecular weight is 460 g/mol. The van der Waals surface area contributed by atoms with Crippen molar-refractivity contribution < 1.29 is 76.6 Å². The van der Waals surface area contributed by atoms with E-state index in [4.69, 9.17) is 67.5 Å². The van der Waals surface area contributed by atoms with Gasteiger partial charge in [-0.15, -0.1) is 0 Å². The van der Waals surface area contributed by atoms with Crippen molar-refractivity contribution in [2.24, 2.45) is 0 Å². The number of allylic oxidation sites excluding steroid dienone is 1.